The number of aldehydes is 1. The number of likely N-dealkylation sites (N-methyl/N-ethyl adjacent to an activating group) is 1. The van der Waals surface area contributed by atoms with Gasteiger partial charge in [-0.2, -0.15) is 0 Å². The van der Waals surface area contributed by atoms with Crippen molar-refractivity contribution in [2.24, 2.45) is 0 Å². The molecule has 0 aromatic heterocycles. The zero-order valence-corrected chi connectivity index (χ0v) is 9.42. The van der Waals surface area contributed by atoms with E-state index in [0.717, 1.165) is 0 Å². The van der Waals surface area contributed by atoms with E-state index >= 15 is 0 Å². The van der Waals surface area contributed by atoms with Crippen LogP contribution >= 0.6 is 0 Å². The average molecular weight is 232 g/mol. The van der Waals surface area contributed by atoms with Crippen LogP contribution in [0.2, 0.25) is 0 Å². The van der Waals surface area contributed by atoms with Crippen LogP contribution in [0.5, 0.6) is 0 Å². The number of amides is 2. The molecule has 0 spiro atoms. The molecule has 1 aliphatic heterocycles. The summed E-state index contributed by atoms with van der Waals surface area (Å²) in [7, 11) is 1.59. The van der Waals surface area contributed by atoms with Crippen molar-refractivity contribution in [1.82, 2.24) is 4.90 Å². The van der Waals surface area contributed by atoms with E-state index < -0.39 is 11.8 Å². The lowest BCUT2D eigenvalue weighted by Gasteiger charge is -2.32. The molecule has 1 fully saturated rings. The van der Waals surface area contributed by atoms with Gasteiger partial charge in [-0.25, -0.2) is 0 Å². The Kier molecular flexibility index (Phi) is 2.91. The minimum absolute atomic E-state index is 0.409. The van der Waals surface area contributed by atoms with Crippen molar-refractivity contribution in [3.05, 3.63) is 29.8 Å². The molecule has 0 aliphatic carbocycles. The van der Waals surface area contributed by atoms with Crippen molar-refractivity contribution >= 4 is 23.8 Å². The maximum Gasteiger partial charge on any atom is 0.316 e. The highest BCUT2D eigenvalue weighted by Gasteiger charge is 2.31. The van der Waals surface area contributed by atoms with Crippen LogP contribution in [0.25, 0.3) is 0 Å². The predicted molar refractivity (Wildman–Crippen MR) is 61.8 cm³/mol. The number of anilines is 1. The van der Waals surface area contributed by atoms with E-state index in [1.54, 1.807) is 31.3 Å². The van der Waals surface area contributed by atoms with Gasteiger partial charge in [0.25, 0.3) is 0 Å². The van der Waals surface area contributed by atoms with Crippen molar-refractivity contribution in [2.45, 2.75) is 0 Å². The molecular weight excluding hydrogens is 220 g/mol. The second kappa shape index (κ2) is 4.37. The van der Waals surface area contributed by atoms with Gasteiger partial charge in [0, 0.05) is 25.7 Å². The molecule has 2 rings (SSSR count). The van der Waals surface area contributed by atoms with Crippen LogP contribution in [0.4, 0.5) is 5.69 Å². The first kappa shape index (κ1) is 11.3. The summed E-state index contributed by atoms with van der Waals surface area (Å²) in [6, 6.07) is 6.74. The molecule has 1 aliphatic rings. The lowest BCUT2D eigenvalue weighted by Crippen LogP contribution is -2.53. The lowest BCUT2D eigenvalue weighted by molar-refractivity contribution is -0.145. The largest absolute Gasteiger partial charge is 0.336 e. The number of para-hydroxylation sites is 1. The molecule has 5 heteroatoms. The van der Waals surface area contributed by atoms with Gasteiger partial charge in [0.05, 0.1) is 5.69 Å². The topological polar surface area (TPSA) is 57.7 Å². The highest BCUT2D eigenvalue weighted by molar-refractivity contribution is 6.41. The highest BCUT2D eigenvalue weighted by Crippen LogP contribution is 2.21. The van der Waals surface area contributed by atoms with Crippen molar-refractivity contribution < 1.29 is 14.4 Å². The molecule has 0 N–H and O–H groups in total. The van der Waals surface area contributed by atoms with E-state index in [0.29, 0.717) is 30.6 Å². The molecular formula is C12H12N2O3. The molecule has 0 unspecified atom stereocenters. The molecule has 1 aromatic rings. The fraction of sp³-hybridized carbons (Fsp3) is 0.250. The third-order valence-corrected chi connectivity index (χ3v) is 2.79. The van der Waals surface area contributed by atoms with Gasteiger partial charge in [-0.15, -0.1) is 0 Å². The van der Waals surface area contributed by atoms with E-state index in [4.69, 9.17) is 0 Å². The monoisotopic (exact) mass is 232 g/mol. The number of benzene rings is 1. The highest BCUT2D eigenvalue weighted by atomic mass is 16.2. The Hall–Kier alpha value is -2.17. The molecule has 1 heterocycles. The Morgan fingerprint density at radius 1 is 1.12 bits per heavy atom. The summed E-state index contributed by atoms with van der Waals surface area (Å²) in [5.74, 6) is -1.13. The average Bonchev–Trinajstić information content (AvgIpc) is 2.36. The van der Waals surface area contributed by atoms with Crippen molar-refractivity contribution in [2.75, 3.05) is 25.0 Å². The summed E-state index contributed by atoms with van der Waals surface area (Å²) in [6.45, 7) is 0.879. The van der Waals surface area contributed by atoms with Gasteiger partial charge in [-0.3, -0.25) is 14.4 Å². The molecule has 2 amide bonds. The Morgan fingerprint density at radius 3 is 2.53 bits per heavy atom. The summed E-state index contributed by atoms with van der Waals surface area (Å²) >= 11 is 0. The van der Waals surface area contributed by atoms with Crippen LogP contribution in [0, 0.1) is 0 Å². The quantitative estimate of drug-likeness (QED) is 0.544. The Labute approximate surface area is 98.6 Å². The van der Waals surface area contributed by atoms with Crippen LogP contribution in [0.15, 0.2) is 24.3 Å². The number of piperazine rings is 1. The molecule has 0 radical (unpaired) electrons. The summed E-state index contributed by atoms with van der Waals surface area (Å²) in [4.78, 5) is 37.0. The normalized spacial score (nSPS) is 16.3. The van der Waals surface area contributed by atoms with Gasteiger partial charge in [-0.05, 0) is 12.1 Å². The zero-order chi connectivity index (χ0) is 12.4. The predicted octanol–water partition coefficient (Wildman–Crippen LogP) is 0.304. The van der Waals surface area contributed by atoms with E-state index in [-0.39, 0.29) is 0 Å². The molecule has 0 atom stereocenters. The van der Waals surface area contributed by atoms with Crippen LogP contribution < -0.4 is 4.90 Å². The molecule has 0 saturated carbocycles. The molecule has 1 aromatic carbocycles. The Bertz CT molecular complexity index is 484. The number of hydrogen-bond donors (Lipinski definition) is 0. The summed E-state index contributed by atoms with van der Waals surface area (Å²) in [5.41, 5.74) is 0.909. The van der Waals surface area contributed by atoms with Crippen LogP contribution in [-0.2, 0) is 9.59 Å². The molecule has 17 heavy (non-hydrogen) atoms. The van der Waals surface area contributed by atoms with Gasteiger partial charge in [0.1, 0.15) is 0 Å². The van der Waals surface area contributed by atoms with Crippen molar-refractivity contribution in [3.63, 3.8) is 0 Å². The van der Waals surface area contributed by atoms with E-state index in [1.165, 1.54) is 9.80 Å². The number of rotatable bonds is 2. The van der Waals surface area contributed by atoms with Crippen LogP contribution in [0.1, 0.15) is 10.4 Å². The summed E-state index contributed by atoms with van der Waals surface area (Å²) in [6.07, 6.45) is 0.686. The standard InChI is InChI=1S/C12H12N2O3/c1-13-6-7-14(12(17)11(13)16)10-5-3-2-4-9(10)8-15/h2-5,8H,6-7H2,1H3. The van der Waals surface area contributed by atoms with Gasteiger partial charge in [0.2, 0.25) is 0 Å². The fourth-order valence-corrected chi connectivity index (χ4v) is 1.79. The van der Waals surface area contributed by atoms with Crippen molar-refractivity contribution in [3.8, 4) is 0 Å². The molecule has 0 bridgehead atoms. The smallest absolute Gasteiger partial charge is 0.316 e. The van der Waals surface area contributed by atoms with Crippen LogP contribution in [-0.4, -0.2) is 43.1 Å². The minimum Gasteiger partial charge on any atom is -0.336 e. The Balaban J connectivity index is 2.37. The first-order valence-electron chi connectivity index (χ1n) is 5.26. The second-order valence-electron chi connectivity index (χ2n) is 3.86. The number of carbonyl (C=O) groups is 3. The first-order valence-corrected chi connectivity index (χ1v) is 5.26. The SMILES string of the molecule is CN1CCN(c2ccccc2C=O)C(=O)C1=O. The third-order valence-electron chi connectivity index (χ3n) is 2.79. The van der Waals surface area contributed by atoms with Gasteiger partial charge >= 0.3 is 11.8 Å². The fourth-order valence-electron chi connectivity index (χ4n) is 1.79. The number of nitrogens with zero attached hydrogens (tertiary/aromatic N) is 2. The summed E-state index contributed by atoms with van der Waals surface area (Å²) in [5, 5.41) is 0. The second-order valence-corrected chi connectivity index (χ2v) is 3.86. The first-order chi connectivity index (χ1) is 8.15. The van der Waals surface area contributed by atoms with Gasteiger partial charge in [-0.1, -0.05) is 12.1 Å². The molecule has 5 nitrogen and oxygen atoms in total. The Morgan fingerprint density at radius 2 is 1.82 bits per heavy atom. The number of hydrogen-bond acceptors (Lipinski definition) is 3. The maximum absolute atomic E-state index is 11.8. The minimum atomic E-state index is -0.590. The molecule has 1 saturated heterocycles. The van der Waals surface area contributed by atoms with E-state index in [1.807, 2.05) is 0 Å². The van der Waals surface area contributed by atoms with E-state index in [2.05, 4.69) is 0 Å². The summed E-state index contributed by atoms with van der Waals surface area (Å²) < 4.78 is 0. The van der Waals surface area contributed by atoms with Gasteiger partial charge in [0.15, 0.2) is 6.29 Å². The number of carbonyl (C=O) groups excluding carboxylic acids is 3. The maximum atomic E-state index is 11.8. The van der Waals surface area contributed by atoms with E-state index in [9.17, 15) is 14.4 Å². The van der Waals surface area contributed by atoms with Crippen molar-refractivity contribution in [1.29, 1.82) is 0 Å². The molecule has 88 valence electrons. The zero-order valence-electron chi connectivity index (χ0n) is 9.42. The van der Waals surface area contributed by atoms with Gasteiger partial charge < -0.3 is 9.80 Å². The van der Waals surface area contributed by atoms with Crippen LogP contribution in [0.3, 0.4) is 0 Å². The lowest BCUT2D eigenvalue weighted by atomic mass is 10.1. The third kappa shape index (κ3) is 1.91.